The summed E-state index contributed by atoms with van der Waals surface area (Å²) in [7, 11) is -3.29. The van der Waals surface area contributed by atoms with Gasteiger partial charge in [0.15, 0.2) is 14.5 Å². The van der Waals surface area contributed by atoms with E-state index in [1.54, 1.807) is 0 Å². The van der Waals surface area contributed by atoms with Gasteiger partial charge in [0.05, 0.1) is 6.10 Å². The Morgan fingerprint density at radius 1 is 1.55 bits per heavy atom. The first-order chi connectivity index (χ1) is 4.93. The quantitative estimate of drug-likeness (QED) is 0.667. The summed E-state index contributed by atoms with van der Waals surface area (Å²) in [5, 5.41) is 9.28. The van der Waals surface area contributed by atoms with E-state index in [0.717, 1.165) is 19.1 Å². The second-order valence-corrected chi connectivity index (χ2v) is 5.90. The number of hydrogen-bond acceptors (Lipinski definition) is 3. The summed E-state index contributed by atoms with van der Waals surface area (Å²) < 4.78 is 20.5. The highest BCUT2D eigenvalue weighted by molar-refractivity contribution is 7.92. The normalized spacial score (nSPS) is 24.6. The van der Waals surface area contributed by atoms with E-state index < -0.39 is 20.7 Å². The van der Waals surface area contributed by atoms with Gasteiger partial charge in [-0.25, -0.2) is 8.42 Å². The smallest absolute Gasteiger partial charge is 0.166 e. The number of halogens is 1. The Hall–Kier alpha value is 0.200. The van der Waals surface area contributed by atoms with Crippen molar-refractivity contribution in [1.29, 1.82) is 0 Å². The van der Waals surface area contributed by atoms with E-state index in [1.807, 2.05) is 0 Å². The minimum atomic E-state index is -3.29. The molecular weight excluding hydrogens is 188 g/mol. The molecule has 1 fully saturated rings. The second kappa shape index (κ2) is 2.92. The minimum absolute atomic E-state index is 0.104. The van der Waals surface area contributed by atoms with Crippen molar-refractivity contribution in [1.82, 2.24) is 0 Å². The van der Waals surface area contributed by atoms with Gasteiger partial charge in [-0.05, 0) is 18.8 Å². The predicted octanol–water partition coefficient (Wildman–Crippen LogP) is 0.367. The van der Waals surface area contributed by atoms with Crippen molar-refractivity contribution < 1.29 is 13.5 Å². The fourth-order valence-electron chi connectivity index (χ4n) is 0.905. The van der Waals surface area contributed by atoms with Gasteiger partial charge in [0.25, 0.3) is 0 Å². The second-order valence-electron chi connectivity index (χ2n) is 3.01. The largest absolute Gasteiger partial charge is 0.390 e. The number of alkyl halides is 1. The molecule has 0 saturated heterocycles. The van der Waals surface area contributed by atoms with Crippen molar-refractivity contribution in [3.63, 3.8) is 0 Å². The average molecular weight is 199 g/mol. The Morgan fingerprint density at radius 3 is 2.27 bits per heavy atom. The zero-order chi connectivity index (χ0) is 8.65. The third kappa shape index (κ3) is 2.32. The lowest BCUT2D eigenvalue weighted by Crippen LogP contribution is -2.29. The molecule has 5 heteroatoms. The molecule has 0 spiro atoms. The van der Waals surface area contributed by atoms with Crippen LogP contribution in [0, 0.1) is 5.92 Å². The van der Waals surface area contributed by atoms with E-state index >= 15 is 0 Å². The molecule has 2 atom stereocenters. The molecule has 0 aromatic heterocycles. The van der Waals surface area contributed by atoms with Gasteiger partial charge in [0.2, 0.25) is 0 Å². The van der Waals surface area contributed by atoms with Crippen LogP contribution in [-0.2, 0) is 9.84 Å². The van der Waals surface area contributed by atoms with Crippen LogP contribution in [0.1, 0.15) is 12.8 Å². The number of hydrogen-bond donors (Lipinski definition) is 1. The molecule has 0 aromatic carbocycles. The zero-order valence-electron chi connectivity index (χ0n) is 6.20. The Labute approximate surface area is 71.3 Å². The monoisotopic (exact) mass is 198 g/mol. The fraction of sp³-hybridized carbons (Fsp3) is 1.00. The Kier molecular flexibility index (Phi) is 2.46. The van der Waals surface area contributed by atoms with E-state index in [-0.39, 0.29) is 5.92 Å². The van der Waals surface area contributed by atoms with Crippen LogP contribution in [-0.4, -0.2) is 30.6 Å². The third-order valence-electron chi connectivity index (χ3n) is 1.78. The molecule has 1 saturated carbocycles. The van der Waals surface area contributed by atoms with Crippen molar-refractivity contribution in [3.05, 3.63) is 0 Å². The third-order valence-corrected chi connectivity index (χ3v) is 4.11. The summed E-state index contributed by atoms with van der Waals surface area (Å²) in [5.41, 5.74) is 0. The maximum Gasteiger partial charge on any atom is 0.166 e. The number of rotatable bonds is 3. The Balaban J connectivity index is 2.59. The SMILES string of the molecule is CS(=O)(=O)[C@H](Cl)[C@@H](O)C1CC1. The predicted molar refractivity (Wildman–Crippen MR) is 43.2 cm³/mol. The Morgan fingerprint density at radius 2 is 2.00 bits per heavy atom. The summed E-state index contributed by atoms with van der Waals surface area (Å²) in [6.45, 7) is 0. The molecular formula is C6H11ClO3S. The van der Waals surface area contributed by atoms with Crippen LogP contribution >= 0.6 is 11.6 Å². The van der Waals surface area contributed by atoms with Crippen LogP contribution in [0.15, 0.2) is 0 Å². The molecule has 0 amide bonds. The van der Waals surface area contributed by atoms with Gasteiger partial charge in [-0.15, -0.1) is 11.6 Å². The summed E-state index contributed by atoms with van der Waals surface area (Å²) in [5.74, 6) is 0.104. The topological polar surface area (TPSA) is 54.4 Å². The van der Waals surface area contributed by atoms with Gasteiger partial charge < -0.3 is 5.11 Å². The summed E-state index contributed by atoms with van der Waals surface area (Å²) in [6.07, 6.45) is 1.93. The molecule has 1 N–H and O–H groups in total. The van der Waals surface area contributed by atoms with Crippen LogP contribution in [0.5, 0.6) is 0 Å². The molecule has 0 bridgehead atoms. The fourth-order valence-corrected chi connectivity index (χ4v) is 1.84. The molecule has 0 aromatic rings. The summed E-state index contributed by atoms with van der Waals surface area (Å²) >= 11 is 5.50. The number of aliphatic hydroxyl groups excluding tert-OH is 1. The highest BCUT2D eigenvalue weighted by Crippen LogP contribution is 2.36. The minimum Gasteiger partial charge on any atom is -0.390 e. The molecule has 0 radical (unpaired) electrons. The molecule has 0 unspecified atom stereocenters. The van der Waals surface area contributed by atoms with E-state index in [0.29, 0.717) is 0 Å². The van der Waals surface area contributed by atoms with Crippen molar-refractivity contribution in [2.45, 2.75) is 23.7 Å². The molecule has 11 heavy (non-hydrogen) atoms. The first kappa shape index (κ1) is 9.29. The lowest BCUT2D eigenvalue weighted by molar-refractivity contribution is 0.164. The van der Waals surface area contributed by atoms with Crippen molar-refractivity contribution >= 4 is 21.4 Å². The highest BCUT2D eigenvalue weighted by Gasteiger charge is 2.38. The van der Waals surface area contributed by atoms with Crippen molar-refractivity contribution in [3.8, 4) is 0 Å². The first-order valence-electron chi connectivity index (χ1n) is 3.44. The van der Waals surface area contributed by atoms with Crippen LogP contribution in [0.2, 0.25) is 0 Å². The van der Waals surface area contributed by atoms with Gasteiger partial charge in [-0.2, -0.15) is 0 Å². The van der Waals surface area contributed by atoms with Gasteiger partial charge >= 0.3 is 0 Å². The van der Waals surface area contributed by atoms with Crippen LogP contribution in [0.25, 0.3) is 0 Å². The van der Waals surface area contributed by atoms with E-state index in [2.05, 4.69) is 0 Å². The maximum absolute atomic E-state index is 10.8. The zero-order valence-corrected chi connectivity index (χ0v) is 7.77. The van der Waals surface area contributed by atoms with Gasteiger partial charge in [-0.1, -0.05) is 0 Å². The van der Waals surface area contributed by atoms with Crippen molar-refractivity contribution in [2.24, 2.45) is 5.92 Å². The standard InChI is InChI=1S/C6H11ClO3S/c1-11(9,10)6(7)5(8)4-2-3-4/h4-6,8H,2-3H2,1H3/t5-,6-/m0/s1. The van der Waals surface area contributed by atoms with Crippen LogP contribution in [0.4, 0.5) is 0 Å². The van der Waals surface area contributed by atoms with Crippen molar-refractivity contribution in [2.75, 3.05) is 6.26 Å². The highest BCUT2D eigenvalue weighted by atomic mass is 35.5. The average Bonchev–Trinajstić information content (AvgIpc) is 2.63. The van der Waals surface area contributed by atoms with Crippen LogP contribution in [0.3, 0.4) is 0 Å². The molecule has 3 nitrogen and oxygen atoms in total. The lowest BCUT2D eigenvalue weighted by atomic mass is 10.3. The molecule has 0 heterocycles. The maximum atomic E-state index is 10.8. The van der Waals surface area contributed by atoms with Gasteiger partial charge in [0, 0.05) is 6.26 Å². The van der Waals surface area contributed by atoms with E-state index in [9.17, 15) is 13.5 Å². The van der Waals surface area contributed by atoms with Crippen LogP contribution < -0.4 is 0 Å². The molecule has 1 rings (SSSR count). The number of sulfone groups is 1. The summed E-state index contributed by atoms with van der Waals surface area (Å²) in [6, 6.07) is 0. The lowest BCUT2D eigenvalue weighted by Gasteiger charge is -2.13. The number of aliphatic hydroxyl groups is 1. The van der Waals surface area contributed by atoms with E-state index in [4.69, 9.17) is 11.6 Å². The first-order valence-corrected chi connectivity index (χ1v) is 5.83. The molecule has 1 aliphatic carbocycles. The molecule has 66 valence electrons. The van der Waals surface area contributed by atoms with Gasteiger partial charge in [-0.3, -0.25) is 0 Å². The molecule has 0 aliphatic heterocycles. The molecule has 1 aliphatic rings. The Bertz CT molecular complexity index is 232. The summed E-state index contributed by atoms with van der Waals surface area (Å²) in [4.78, 5) is 0. The van der Waals surface area contributed by atoms with Gasteiger partial charge in [0.1, 0.15) is 0 Å². The van der Waals surface area contributed by atoms with E-state index in [1.165, 1.54) is 0 Å².